The van der Waals surface area contributed by atoms with E-state index in [1.807, 2.05) is 0 Å². The summed E-state index contributed by atoms with van der Waals surface area (Å²) in [5.74, 6) is 2.16. The minimum Gasteiger partial charge on any atom is -0.0891 e. The molecule has 1 rings (SSSR count). The molecule has 0 saturated heterocycles. The quantitative estimate of drug-likeness (QED) is 0.544. The largest absolute Gasteiger partial charge is 0.120 e. The van der Waals surface area contributed by atoms with Crippen molar-refractivity contribution in [2.75, 3.05) is 0 Å². The summed E-state index contributed by atoms with van der Waals surface area (Å²) >= 11 is 0. The fourth-order valence-corrected chi connectivity index (χ4v) is 2.34. The van der Waals surface area contributed by atoms with Crippen molar-refractivity contribution < 1.29 is 0 Å². The first kappa shape index (κ1) is 9.16. The third-order valence-corrected chi connectivity index (χ3v) is 3.24. The van der Waals surface area contributed by atoms with Gasteiger partial charge in [-0.2, -0.15) is 0 Å². The molecular formula is C10H21B. The second kappa shape index (κ2) is 4.85. The van der Waals surface area contributed by atoms with Crippen LogP contribution >= 0.6 is 0 Å². The Kier molecular flexibility index (Phi) is 4.03. The third kappa shape index (κ3) is 2.88. The average Bonchev–Trinajstić information content (AvgIpc) is 2.07. The molecule has 0 unspecified atom stereocenters. The molecule has 0 spiro atoms. The van der Waals surface area contributed by atoms with Gasteiger partial charge in [-0.3, -0.25) is 0 Å². The van der Waals surface area contributed by atoms with Crippen LogP contribution < -0.4 is 0 Å². The fraction of sp³-hybridized carbons (Fsp3) is 1.00. The fourth-order valence-electron chi connectivity index (χ4n) is 2.34. The monoisotopic (exact) mass is 152 g/mol. The van der Waals surface area contributed by atoms with Crippen molar-refractivity contribution in [3.8, 4) is 0 Å². The van der Waals surface area contributed by atoms with Crippen LogP contribution in [0.1, 0.15) is 45.4 Å². The summed E-state index contributed by atoms with van der Waals surface area (Å²) in [6.45, 7) is 4.65. The van der Waals surface area contributed by atoms with Crippen molar-refractivity contribution in [3.63, 3.8) is 0 Å². The zero-order chi connectivity index (χ0) is 8.10. The minimum atomic E-state index is 1.07. The Morgan fingerprint density at radius 1 is 1.18 bits per heavy atom. The molecule has 11 heavy (non-hydrogen) atoms. The first-order chi connectivity index (χ1) is 5.36. The Morgan fingerprint density at radius 2 is 1.82 bits per heavy atom. The maximum atomic E-state index is 2.34. The molecule has 1 aliphatic rings. The maximum absolute atomic E-state index is 2.34. The lowest BCUT2D eigenvalue weighted by molar-refractivity contribution is 0.336. The summed E-state index contributed by atoms with van der Waals surface area (Å²) in [5.41, 5.74) is 0. The first-order valence-corrected chi connectivity index (χ1v) is 5.36. The van der Waals surface area contributed by atoms with E-state index in [0.717, 1.165) is 11.7 Å². The molecule has 0 heterocycles. The van der Waals surface area contributed by atoms with Crippen LogP contribution in [0, 0.1) is 5.92 Å². The van der Waals surface area contributed by atoms with Crippen molar-refractivity contribution in [3.05, 3.63) is 0 Å². The molecule has 0 amide bonds. The molecule has 0 radical (unpaired) electrons. The summed E-state index contributed by atoms with van der Waals surface area (Å²) in [4.78, 5) is 0. The van der Waals surface area contributed by atoms with Crippen LogP contribution in [0.5, 0.6) is 0 Å². The molecule has 1 fully saturated rings. The van der Waals surface area contributed by atoms with Crippen LogP contribution in [-0.4, -0.2) is 7.28 Å². The Morgan fingerprint density at radius 3 is 2.27 bits per heavy atom. The van der Waals surface area contributed by atoms with E-state index in [0.29, 0.717) is 0 Å². The molecular weight excluding hydrogens is 131 g/mol. The van der Waals surface area contributed by atoms with Gasteiger partial charge < -0.3 is 0 Å². The van der Waals surface area contributed by atoms with Crippen molar-refractivity contribution in [1.29, 1.82) is 0 Å². The summed E-state index contributed by atoms with van der Waals surface area (Å²) in [5, 5.41) is 0. The van der Waals surface area contributed by atoms with E-state index in [1.165, 1.54) is 45.8 Å². The lowest BCUT2D eigenvalue weighted by Gasteiger charge is -2.27. The van der Waals surface area contributed by atoms with Crippen molar-refractivity contribution in [2.24, 2.45) is 5.92 Å². The smallest absolute Gasteiger partial charge is 0.0891 e. The topological polar surface area (TPSA) is 0 Å². The Labute approximate surface area is 72.0 Å². The Hall–Kier alpha value is 0.0649. The normalized spacial score (nSPS) is 31.8. The van der Waals surface area contributed by atoms with Crippen LogP contribution in [0.25, 0.3) is 0 Å². The van der Waals surface area contributed by atoms with E-state index in [1.54, 1.807) is 0 Å². The van der Waals surface area contributed by atoms with Gasteiger partial charge in [0.1, 0.15) is 7.28 Å². The predicted octanol–water partition coefficient (Wildman–Crippen LogP) is 3.25. The molecule has 1 heteroatoms. The second-order valence-electron chi connectivity index (χ2n) is 4.08. The molecule has 0 aromatic heterocycles. The minimum absolute atomic E-state index is 1.07. The van der Waals surface area contributed by atoms with E-state index < -0.39 is 0 Å². The lowest BCUT2D eigenvalue weighted by atomic mass is 9.59. The van der Waals surface area contributed by atoms with Crippen LogP contribution in [-0.2, 0) is 0 Å². The zero-order valence-electron chi connectivity index (χ0n) is 8.10. The van der Waals surface area contributed by atoms with E-state index in [4.69, 9.17) is 0 Å². The van der Waals surface area contributed by atoms with E-state index >= 15 is 0 Å². The summed E-state index contributed by atoms with van der Waals surface area (Å²) < 4.78 is 0. The van der Waals surface area contributed by atoms with Crippen LogP contribution in [0.3, 0.4) is 0 Å². The van der Waals surface area contributed by atoms with E-state index in [9.17, 15) is 0 Å². The van der Waals surface area contributed by atoms with Gasteiger partial charge in [0, 0.05) is 0 Å². The molecule has 1 aliphatic carbocycles. The third-order valence-electron chi connectivity index (χ3n) is 3.24. The van der Waals surface area contributed by atoms with Gasteiger partial charge in [-0.25, -0.2) is 0 Å². The number of hydrogen-bond acceptors (Lipinski definition) is 0. The molecule has 64 valence electrons. The summed E-state index contributed by atoms with van der Waals surface area (Å²) in [6.07, 6.45) is 8.94. The lowest BCUT2D eigenvalue weighted by Crippen LogP contribution is -2.13. The van der Waals surface area contributed by atoms with Crippen molar-refractivity contribution in [2.45, 2.75) is 58.1 Å². The molecule has 0 N–H and O–H groups in total. The van der Waals surface area contributed by atoms with Crippen LogP contribution in [0.15, 0.2) is 0 Å². The van der Waals surface area contributed by atoms with Gasteiger partial charge in [0.15, 0.2) is 0 Å². The van der Waals surface area contributed by atoms with Gasteiger partial charge >= 0.3 is 0 Å². The standard InChI is InChI=1S/C10H21B/c1-3-4-9-5-7-10(11-2)8-6-9/h9-11H,3-8H2,1-2H3. The highest BCUT2D eigenvalue weighted by molar-refractivity contribution is 6.35. The van der Waals surface area contributed by atoms with Gasteiger partial charge in [0.05, 0.1) is 0 Å². The van der Waals surface area contributed by atoms with Gasteiger partial charge in [-0.15, -0.1) is 0 Å². The Bertz CT molecular complexity index is 93.0. The summed E-state index contributed by atoms with van der Waals surface area (Å²) in [6, 6.07) is 0. The maximum Gasteiger partial charge on any atom is 0.120 e. The SMILES string of the molecule is CBC1CCC(CCC)CC1. The van der Waals surface area contributed by atoms with E-state index in [-0.39, 0.29) is 0 Å². The predicted molar refractivity (Wildman–Crippen MR) is 53.6 cm³/mol. The zero-order valence-corrected chi connectivity index (χ0v) is 8.10. The second-order valence-corrected chi connectivity index (χ2v) is 4.08. The molecule has 0 bridgehead atoms. The number of rotatable bonds is 3. The number of hydrogen-bond donors (Lipinski definition) is 0. The van der Waals surface area contributed by atoms with Gasteiger partial charge in [-0.1, -0.05) is 58.1 Å². The highest BCUT2D eigenvalue weighted by atomic mass is 14.2. The highest BCUT2D eigenvalue weighted by Crippen LogP contribution is 2.34. The van der Waals surface area contributed by atoms with Gasteiger partial charge in [0.25, 0.3) is 0 Å². The molecule has 0 aromatic rings. The van der Waals surface area contributed by atoms with E-state index in [2.05, 4.69) is 13.7 Å². The molecule has 0 nitrogen and oxygen atoms in total. The van der Waals surface area contributed by atoms with Crippen molar-refractivity contribution >= 4 is 7.28 Å². The van der Waals surface area contributed by atoms with Crippen LogP contribution in [0.4, 0.5) is 0 Å². The molecule has 1 saturated carbocycles. The highest BCUT2D eigenvalue weighted by Gasteiger charge is 2.18. The van der Waals surface area contributed by atoms with Gasteiger partial charge in [-0.05, 0) is 5.92 Å². The molecule has 0 aromatic carbocycles. The summed E-state index contributed by atoms with van der Waals surface area (Å²) in [7, 11) is 1.42. The molecule has 0 atom stereocenters. The van der Waals surface area contributed by atoms with Crippen molar-refractivity contribution in [1.82, 2.24) is 0 Å². The molecule has 0 aliphatic heterocycles. The first-order valence-electron chi connectivity index (χ1n) is 5.36. The van der Waals surface area contributed by atoms with Gasteiger partial charge in [0.2, 0.25) is 0 Å². The Balaban J connectivity index is 2.14. The average molecular weight is 152 g/mol. The van der Waals surface area contributed by atoms with Crippen LogP contribution in [0.2, 0.25) is 12.6 Å².